The van der Waals surface area contributed by atoms with Gasteiger partial charge in [-0.25, -0.2) is 9.48 Å². The van der Waals surface area contributed by atoms with E-state index in [9.17, 15) is 9.59 Å². The summed E-state index contributed by atoms with van der Waals surface area (Å²) in [6, 6.07) is 15.5. The zero-order chi connectivity index (χ0) is 19.4. The van der Waals surface area contributed by atoms with Gasteiger partial charge in [0.1, 0.15) is 5.75 Å². The lowest BCUT2D eigenvalue weighted by Crippen LogP contribution is -2.24. The highest BCUT2D eigenvalue weighted by Gasteiger charge is 2.20. The Labute approximate surface area is 157 Å². The molecular weight excluding hydrogens is 344 g/mol. The van der Waals surface area contributed by atoms with Crippen molar-refractivity contribution in [2.75, 3.05) is 7.11 Å². The Bertz CT molecular complexity index is 943. The van der Waals surface area contributed by atoms with Crippen LogP contribution in [-0.2, 0) is 4.74 Å². The molecule has 0 spiro atoms. The highest BCUT2D eigenvalue weighted by Crippen LogP contribution is 2.16. The van der Waals surface area contributed by atoms with Gasteiger partial charge in [0.25, 0.3) is 0 Å². The van der Waals surface area contributed by atoms with E-state index in [2.05, 4.69) is 5.10 Å². The number of aryl methyl sites for hydroxylation is 1. The van der Waals surface area contributed by atoms with Gasteiger partial charge in [-0.1, -0.05) is 0 Å². The number of esters is 1. The number of ether oxygens (including phenoxy) is 2. The second kappa shape index (κ2) is 7.86. The Balaban J connectivity index is 1.67. The first-order chi connectivity index (χ1) is 13.0. The van der Waals surface area contributed by atoms with Gasteiger partial charge in [0, 0.05) is 17.5 Å². The summed E-state index contributed by atoms with van der Waals surface area (Å²) in [5.74, 6) is -0.161. The van der Waals surface area contributed by atoms with Crippen LogP contribution in [0, 0.1) is 6.92 Å². The molecule has 138 valence electrons. The molecule has 27 heavy (non-hydrogen) atoms. The van der Waals surface area contributed by atoms with E-state index in [1.165, 1.54) is 0 Å². The van der Waals surface area contributed by atoms with Crippen LogP contribution in [0.1, 0.15) is 33.3 Å². The van der Waals surface area contributed by atoms with Crippen LogP contribution in [-0.4, -0.2) is 34.7 Å². The van der Waals surface area contributed by atoms with Crippen molar-refractivity contribution in [3.63, 3.8) is 0 Å². The standard InChI is InChI=1S/C21H20N2O4/c1-14-12-13-22-23(14)18-8-4-17(5-9-18)21(25)27-15(2)20(24)16-6-10-19(26-3)11-7-16/h4-13,15H,1-3H3/t15-/m1/s1. The molecule has 0 N–H and O–H groups in total. The minimum Gasteiger partial charge on any atom is -0.497 e. The number of ketones is 1. The number of hydrogen-bond donors (Lipinski definition) is 0. The van der Waals surface area contributed by atoms with Crippen molar-refractivity contribution in [1.29, 1.82) is 0 Å². The van der Waals surface area contributed by atoms with E-state index < -0.39 is 12.1 Å². The molecule has 1 heterocycles. The number of nitrogens with zero attached hydrogens (tertiary/aromatic N) is 2. The van der Waals surface area contributed by atoms with Gasteiger partial charge in [-0.15, -0.1) is 0 Å². The van der Waals surface area contributed by atoms with Gasteiger partial charge in [0.15, 0.2) is 6.10 Å². The van der Waals surface area contributed by atoms with Gasteiger partial charge < -0.3 is 9.47 Å². The smallest absolute Gasteiger partial charge is 0.338 e. The van der Waals surface area contributed by atoms with Gasteiger partial charge in [-0.05, 0) is 68.4 Å². The van der Waals surface area contributed by atoms with Crippen molar-refractivity contribution < 1.29 is 19.1 Å². The molecule has 0 aliphatic heterocycles. The molecule has 2 aromatic carbocycles. The summed E-state index contributed by atoms with van der Waals surface area (Å²) in [7, 11) is 1.56. The third kappa shape index (κ3) is 4.06. The minimum absolute atomic E-state index is 0.269. The molecule has 6 heteroatoms. The molecule has 0 fully saturated rings. The molecule has 1 atom stereocenters. The third-order valence-electron chi connectivity index (χ3n) is 4.21. The van der Waals surface area contributed by atoms with Crippen molar-refractivity contribution in [1.82, 2.24) is 9.78 Å². The van der Waals surface area contributed by atoms with Gasteiger partial charge in [0.05, 0.1) is 18.4 Å². The lowest BCUT2D eigenvalue weighted by Gasteiger charge is -2.13. The summed E-state index contributed by atoms with van der Waals surface area (Å²) in [5.41, 5.74) is 2.67. The summed E-state index contributed by atoms with van der Waals surface area (Å²) < 4.78 is 12.2. The van der Waals surface area contributed by atoms with E-state index in [1.807, 2.05) is 13.0 Å². The Morgan fingerprint density at radius 1 is 0.963 bits per heavy atom. The summed E-state index contributed by atoms with van der Waals surface area (Å²) in [4.78, 5) is 24.8. The molecule has 1 aromatic heterocycles. The molecule has 0 bridgehead atoms. The molecule has 0 unspecified atom stereocenters. The summed E-state index contributed by atoms with van der Waals surface area (Å²) in [6.07, 6.45) is 0.822. The molecular formula is C21H20N2O4. The normalized spacial score (nSPS) is 11.7. The summed E-state index contributed by atoms with van der Waals surface area (Å²) >= 11 is 0. The molecule has 0 radical (unpaired) electrons. The van der Waals surface area contributed by atoms with Gasteiger partial charge in [0.2, 0.25) is 5.78 Å². The van der Waals surface area contributed by atoms with E-state index in [0.29, 0.717) is 16.9 Å². The topological polar surface area (TPSA) is 70.4 Å². The van der Waals surface area contributed by atoms with Crippen LogP contribution in [0.15, 0.2) is 60.8 Å². The number of aromatic nitrogens is 2. The Hall–Kier alpha value is -3.41. The van der Waals surface area contributed by atoms with Crippen molar-refractivity contribution in [3.8, 4) is 11.4 Å². The fourth-order valence-corrected chi connectivity index (χ4v) is 2.65. The van der Waals surface area contributed by atoms with Crippen LogP contribution < -0.4 is 4.74 Å². The lowest BCUT2D eigenvalue weighted by atomic mass is 10.1. The van der Waals surface area contributed by atoms with E-state index in [4.69, 9.17) is 9.47 Å². The zero-order valence-electron chi connectivity index (χ0n) is 15.4. The fraction of sp³-hybridized carbons (Fsp3) is 0.190. The summed E-state index contributed by atoms with van der Waals surface area (Å²) in [6.45, 7) is 3.51. The van der Waals surface area contributed by atoms with Crippen molar-refractivity contribution in [2.45, 2.75) is 20.0 Å². The lowest BCUT2D eigenvalue weighted by molar-refractivity contribution is 0.0319. The molecule has 6 nitrogen and oxygen atoms in total. The molecule has 0 aliphatic rings. The van der Waals surface area contributed by atoms with Gasteiger partial charge >= 0.3 is 5.97 Å². The second-order valence-corrected chi connectivity index (χ2v) is 6.07. The monoisotopic (exact) mass is 364 g/mol. The van der Waals surface area contributed by atoms with Gasteiger partial charge in [-0.3, -0.25) is 4.79 Å². The highest BCUT2D eigenvalue weighted by atomic mass is 16.5. The third-order valence-corrected chi connectivity index (χ3v) is 4.21. The second-order valence-electron chi connectivity index (χ2n) is 6.07. The maximum Gasteiger partial charge on any atom is 0.338 e. The number of benzene rings is 2. The number of carbonyl (C=O) groups is 2. The first-order valence-electron chi connectivity index (χ1n) is 8.50. The number of Topliss-reactive ketones (excluding diaryl/α,β-unsaturated/α-hetero) is 1. The van der Waals surface area contributed by atoms with Crippen LogP contribution in [0.2, 0.25) is 0 Å². The molecule has 0 aliphatic carbocycles. The van der Waals surface area contributed by atoms with E-state index >= 15 is 0 Å². The minimum atomic E-state index is -0.890. The van der Waals surface area contributed by atoms with Crippen molar-refractivity contribution in [3.05, 3.63) is 77.6 Å². The highest BCUT2D eigenvalue weighted by molar-refractivity contribution is 6.01. The van der Waals surface area contributed by atoms with E-state index in [1.54, 1.807) is 73.4 Å². The molecule has 3 rings (SSSR count). The van der Waals surface area contributed by atoms with E-state index in [0.717, 1.165) is 11.4 Å². The molecule has 0 saturated heterocycles. The van der Waals surface area contributed by atoms with Crippen LogP contribution in [0.4, 0.5) is 0 Å². The predicted molar refractivity (Wildman–Crippen MR) is 101 cm³/mol. The van der Waals surface area contributed by atoms with Crippen LogP contribution in [0.5, 0.6) is 5.75 Å². The first-order valence-corrected chi connectivity index (χ1v) is 8.50. The maximum atomic E-state index is 12.4. The molecule has 0 amide bonds. The Morgan fingerprint density at radius 2 is 1.59 bits per heavy atom. The van der Waals surface area contributed by atoms with Crippen molar-refractivity contribution in [2.24, 2.45) is 0 Å². The Morgan fingerprint density at radius 3 is 2.15 bits per heavy atom. The quantitative estimate of drug-likeness (QED) is 0.493. The average molecular weight is 364 g/mol. The first kappa shape index (κ1) is 18.4. The average Bonchev–Trinajstić information content (AvgIpc) is 3.13. The number of rotatable bonds is 6. The SMILES string of the molecule is COc1ccc(C(=O)[C@@H](C)OC(=O)c2ccc(-n3nccc3C)cc2)cc1. The summed E-state index contributed by atoms with van der Waals surface area (Å²) in [5, 5.41) is 4.22. The number of carbonyl (C=O) groups excluding carboxylic acids is 2. The molecule has 3 aromatic rings. The molecule has 0 saturated carbocycles. The fourth-order valence-electron chi connectivity index (χ4n) is 2.65. The Kier molecular flexibility index (Phi) is 5.35. The maximum absolute atomic E-state index is 12.4. The van der Waals surface area contributed by atoms with Crippen LogP contribution >= 0.6 is 0 Å². The van der Waals surface area contributed by atoms with E-state index in [-0.39, 0.29) is 5.78 Å². The number of methoxy groups -OCH3 is 1. The zero-order valence-corrected chi connectivity index (χ0v) is 15.4. The van der Waals surface area contributed by atoms with Crippen LogP contribution in [0.3, 0.4) is 0 Å². The van der Waals surface area contributed by atoms with Crippen LogP contribution in [0.25, 0.3) is 5.69 Å². The van der Waals surface area contributed by atoms with Gasteiger partial charge in [-0.2, -0.15) is 5.10 Å². The number of hydrogen-bond acceptors (Lipinski definition) is 5. The van der Waals surface area contributed by atoms with Crippen molar-refractivity contribution >= 4 is 11.8 Å². The predicted octanol–water partition coefficient (Wildman–Crippen LogP) is 3.62. The largest absolute Gasteiger partial charge is 0.497 e.